The molecule has 0 radical (unpaired) electrons. The number of rotatable bonds is 2. The van der Waals surface area contributed by atoms with E-state index >= 15 is 0 Å². The number of allylic oxidation sites excluding steroid dienone is 1. The van der Waals surface area contributed by atoms with Crippen LogP contribution in [0.1, 0.15) is 52.9 Å². The molecule has 0 bridgehead atoms. The van der Waals surface area contributed by atoms with E-state index < -0.39 is 0 Å². The van der Waals surface area contributed by atoms with E-state index in [1.54, 1.807) is 0 Å². The molecule has 4 nitrogen and oxygen atoms in total. The molecule has 0 aromatic carbocycles. The van der Waals surface area contributed by atoms with Crippen molar-refractivity contribution in [2.45, 2.75) is 71.2 Å². The van der Waals surface area contributed by atoms with Gasteiger partial charge in [-0.25, -0.2) is 0 Å². The van der Waals surface area contributed by atoms with Gasteiger partial charge in [0.15, 0.2) is 0 Å². The van der Waals surface area contributed by atoms with Gasteiger partial charge in [0.1, 0.15) is 6.10 Å². The number of hydrogen-bond acceptors (Lipinski definition) is 4. The summed E-state index contributed by atoms with van der Waals surface area (Å²) in [7, 11) is 0. The highest BCUT2D eigenvalue weighted by Crippen LogP contribution is 2.56. The van der Waals surface area contributed by atoms with Crippen LogP contribution in [0.15, 0.2) is 12.2 Å². The summed E-state index contributed by atoms with van der Waals surface area (Å²) in [6.45, 7) is 13.7. The molecular formula is C21H33NO3. The molecule has 0 aromatic heterocycles. The van der Waals surface area contributed by atoms with E-state index in [4.69, 9.17) is 9.47 Å². The third-order valence-electron chi connectivity index (χ3n) is 7.27. The molecule has 2 saturated carbocycles. The highest BCUT2D eigenvalue weighted by molar-refractivity contribution is 5.75. The van der Waals surface area contributed by atoms with Crippen LogP contribution < -0.4 is 0 Å². The molecule has 0 N–H and O–H groups in total. The zero-order valence-electron chi connectivity index (χ0n) is 16.0. The maximum atomic E-state index is 12.7. The van der Waals surface area contributed by atoms with Crippen LogP contribution in [0, 0.1) is 23.2 Å². The van der Waals surface area contributed by atoms with Crippen molar-refractivity contribution in [3.05, 3.63) is 12.2 Å². The Labute approximate surface area is 151 Å². The fourth-order valence-corrected chi connectivity index (χ4v) is 6.18. The Morgan fingerprint density at radius 3 is 2.72 bits per heavy atom. The van der Waals surface area contributed by atoms with Crippen molar-refractivity contribution in [1.82, 2.24) is 4.90 Å². The Morgan fingerprint density at radius 2 is 2.00 bits per heavy atom. The number of carbonyl (C=O) groups is 1. The van der Waals surface area contributed by atoms with Crippen LogP contribution in [0.5, 0.6) is 0 Å². The van der Waals surface area contributed by atoms with Crippen molar-refractivity contribution < 1.29 is 14.3 Å². The molecule has 2 aliphatic heterocycles. The van der Waals surface area contributed by atoms with Gasteiger partial charge in [-0.15, -0.1) is 0 Å². The molecule has 4 fully saturated rings. The minimum absolute atomic E-state index is 0.0294. The maximum Gasteiger partial charge on any atom is 0.310 e. The highest BCUT2D eigenvalue weighted by atomic mass is 16.6. The van der Waals surface area contributed by atoms with Crippen LogP contribution >= 0.6 is 0 Å². The van der Waals surface area contributed by atoms with Crippen molar-refractivity contribution in [2.24, 2.45) is 23.2 Å². The summed E-state index contributed by atoms with van der Waals surface area (Å²) >= 11 is 0. The number of hydrogen-bond donors (Lipinski definition) is 0. The Hall–Kier alpha value is -0.870. The molecule has 4 aliphatic rings. The number of nitrogens with zero attached hydrogens (tertiary/aromatic N) is 1. The van der Waals surface area contributed by atoms with E-state index in [0.717, 1.165) is 38.9 Å². The molecule has 4 rings (SSSR count). The number of carbonyl (C=O) groups excluding carboxylic acids is 1. The predicted octanol–water partition coefficient (Wildman–Crippen LogP) is 3.41. The largest absolute Gasteiger partial charge is 0.462 e. The third kappa shape index (κ3) is 3.16. The number of esters is 1. The van der Waals surface area contributed by atoms with Crippen LogP contribution in [0.2, 0.25) is 0 Å². The van der Waals surface area contributed by atoms with Gasteiger partial charge in [-0.1, -0.05) is 19.1 Å². The average Bonchev–Trinajstić information content (AvgIpc) is 2.79. The van der Waals surface area contributed by atoms with E-state index in [0.29, 0.717) is 11.8 Å². The van der Waals surface area contributed by atoms with Crippen molar-refractivity contribution in [3.63, 3.8) is 0 Å². The van der Waals surface area contributed by atoms with Crippen LogP contribution in [0.4, 0.5) is 0 Å². The summed E-state index contributed by atoms with van der Waals surface area (Å²) in [6.07, 6.45) is 6.38. The van der Waals surface area contributed by atoms with E-state index in [2.05, 4.69) is 32.3 Å². The van der Waals surface area contributed by atoms with Gasteiger partial charge in [0.2, 0.25) is 0 Å². The maximum absolute atomic E-state index is 12.7. The predicted molar refractivity (Wildman–Crippen MR) is 97.1 cm³/mol. The van der Waals surface area contributed by atoms with Crippen LogP contribution in [-0.4, -0.2) is 48.8 Å². The Balaban J connectivity index is 1.49. The smallest absolute Gasteiger partial charge is 0.310 e. The molecule has 0 spiro atoms. The standard InChI is InChI=1S/C21H33NO3/c1-13-6-5-7-21(4)9-19-16(8-18(13)21)17(20(23)25-19)12-22-10-14(2)24-15(3)11-22/h14-19H,1,5-12H2,2-4H3/t14-,15-,16-,17+,18-,19+,21+/m1/s1. The average molecular weight is 347 g/mol. The van der Waals surface area contributed by atoms with Gasteiger partial charge in [-0.05, 0) is 57.3 Å². The van der Waals surface area contributed by atoms with Crippen molar-refractivity contribution in [1.29, 1.82) is 0 Å². The van der Waals surface area contributed by atoms with Crippen LogP contribution in [0.25, 0.3) is 0 Å². The zero-order valence-corrected chi connectivity index (χ0v) is 16.0. The lowest BCUT2D eigenvalue weighted by Gasteiger charge is -2.50. The molecule has 2 aliphatic carbocycles. The number of morpholine rings is 1. The summed E-state index contributed by atoms with van der Waals surface area (Å²) in [6, 6.07) is 0. The monoisotopic (exact) mass is 347 g/mol. The minimum atomic E-state index is 0.0294. The first kappa shape index (κ1) is 17.5. The molecule has 0 aromatic rings. The first-order valence-corrected chi connectivity index (χ1v) is 10.1. The molecule has 25 heavy (non-hydrogen) atoms. The van der Waals surface area contributed by atoms with Gasteiger partial charge in [0.05, 0.1) is 18.1 Å². The topological polar surface area (TPSA) is 38.8 Å². The van der Waals surface area contributed by atoms with Crippen molar-refractivity contribution >= 4 is 5.97 Å². The van der Waals surface area contributed by atoms with Gasteiger partial charge < -0.3 is 9.47 Å². The van der Waals surface area contributed by atoms with Crippen molar-refractivity contribution in [3.8, 4) is 0 Å². The minimum Gasteiger partial charge on any atom is -0.462 e. The summed E-state index contributed by atoms with van der Waals surface area (Å²) in [5.41, 5.74) is 1.70. The molecule has 0 amide bonds. The molecule has 140 valence electrons. The van der Waals surface area contributed by atoms with E-state index in [-0.39, 0.29) is 35.6 Å². The molecule has 7 atom stereocenters. The lowest BCUT2D eigenvalue weighted by Crippen LogP contribution is -2.49. The first-order valence-electron chi connectivity index (χ1n) is 10.1. The first-order chi connectivity index (χ1) is 11.9. The van der Waals surface area contributed by atoms with Crippen LogP contribution in [-0.2, 0) is 14.3 Å². The molecule has 2 heterocycles. The van der Waals surface area contributed by atoms with Crippen LogP contribution in [0.3, 0.4) is 0 Å². The Bertz CT molecular complexity index is 551. The van der Waals surface area contributed by atoms with Gasteiger partial charge in [0.25, 0.3) is 0 Å². The quantitative estimate of drug-likeness (QED) is 0.567. The Kier molecular flexibility index (Phi) is 4.48. The summed E-state index contributed by atoms with van der Waals surface area (Å²) in [5, 5.41) is 0. The fraction of sp³-hybridized carbons (Fsp3) is 0.857. The molecule has 4 heteroatoms. The SMILES string of the molecule is C=C1CCC[C@@]2(C)C[C@@H]3OC(=O)[C@@H](CN4C[C@@H](C)O[C@H](C)C4)[C@H]3C[C@H]12. The fourth-order valence-electron chi connectivity index (χ4n) is 6.18. The highest BCUT2D eigenvalue weighted by Gasteiger charge is 2.55. The van der Waals surface area contributed by atoms with Gasteiger partial charge in [-0.3, -0.25) is 9.69 Å². The van der Waals surface area contributed by atoms with Gasteiger partial charge in [0, 0.05) is 25.6 Å². The molecule has 2 saturated heterocycles. The summed E-state index contributed by atoms with van der Waals surface area (Å²) in [4.78, 5) is 15.1. The number of fused-ring (bicyclic) bond motifs is 2. The zero-order chi connectivity index (χ0) is 17.8. The van der Waals surface area contributed by atoms with Gasteiger partial charge >= 0.3 is 5.97 Å². The summed E-state index contributed by atoms with van der Waals surface area (Å²) in [5.74, 6) is 1.01. The summed E-state index contributed by atoms with van der Waals surface area (Å²) < 4.78 is 11.7. The van der Waals surface area contributed by atoms with Crippen molar-refractivity contribution in [2.75, 3.05) is 19.6 Å². The lowest BCUT2D eigenvalue weighted by atomic mass is 9.55. The van der Waals surface area contributed by atoms with E-state index in [1.807, 2.05) is 0 Å². The van der Waals surface area contributed by atoms with Gasteiger partial charge in [-0.2, -0.15) is 0 Å². The lowest BCUT2D eigenvalue weighted by molar-refractivity contribution is -0.147. The Morgan fingerprint density at radius 1 is 1.28 bits per heavy atom. The van der Waals surface area contributed by atoms with E-state index in [9.17, 15) is 4.79 Å². The third-order valence-corrected chi connectivity index (χ3v) is 7.27. The molecule has 0 unspecified atom stereocenters. The second-order valence-electron chi connectivity index (χ2n) is 9.38. The number of ether oxygens (including phenoxy) is 2. The van der Waals surface area contributed by atoms with E-state index in [1.165, 1.54) is 18.4 Å². The normalized spacial score (nSPS) is 48.0. The second kappa shape index (κ2) is 6.38. The second-order valence-corrected chi connectivity index (χ2v) is 9.38. The molecular weight excluding hydrogens is 314 g/mol.